The number of halogens is 1. The van der Waals surface area contributed by atoms with E-state index in [1.165, 1.54) is 11.1 Å². The summed E-state index contributed by atoms with van der Waals surface area (Å²) in [7, 11) is 1.76. The Hall–Kier alpha value is -3.19. The van der Waals surface area contributed by atoms with Gasteiger partial charge in [0.05, 0.1) is 17.5 Å². The predicted octanol–water partition coefficient (Wildman–Crippen LogP) is 6.48. The maximum absolute atomic E-state index is 13.3. The topological polar surface area (TPSA) is 50.1 Å². The molecule has 4 aromatic rings. The molecular formula is C33H37ClN4O2. The van der Waals surface area contributed by atoms with Gasteiger partial charge in [-0.1, -0.05) is 60.0 Å². The molecule has 0 spiro atoms. The van der Waals surface area contributed by atoms with Crippen molar-refractivity contribution in [2.45, 2.75) is 45.3 Å². The molecular weight excluding hydrogens is 520 g/mol. The largest absolute Gasteiger partial charge is 0.381 e. The number of hydrogen-bond acceptors (Lipinski definition) is 4. The highest BCUT2D eigenvalue weighted by atomic mass is 35.5. The van der Waals surface area contributed by atoms with Crippen molar-refractivity contribution in [3.63, 3.8) is 0 Å². The normalized spacial score (nSPS) is 20.2. The van der Waals surface area contributed by atoms with Gasteiger partial charge in [0, 0.05) is 62.5 Å². The van der Waals surface area contributed by atoms with Crippen LogP contribution in [-0.2, 0) is 16.1 Å². The second kappa shape index (κ2) is 11.7. The highest BCUT2D eigenvalue weighted by Gasteiger charge is 2.32. The molecule has 0 bridgehead atoms. The first-order valence-electron chi connectivity index (χ1n) is 14.4. The van der Waals surface area contributed by atoms with Gasteiger partial charge in [0.2, 0.25) is 5.91 Å². The summed E-state index contributed by atoms with van der Waals surface area (Å²) in [6, 6.07) is 20.8. The number of nitrogens with zero attached hydrogens (tertiary/aromatic N) is 4. The summed E-state index contributed by atoms with van der Waals surface area (Å²) in [4.78, 5) is 22.9. The van der Waals surface area contributed by atoms with E-state index in [-0.39, 0.29) is 12.0 Å². The van der Waals surface area contributed by atoms with Gasteiger partial charge in [-0.2, -0.15) is 0 Å². The Morgan fingerprint density at radius 1 is 0.975 bits per heavy atom. The van der Waals surface area contributed by atoms with Gasteiger partial charge in [-0.05, 0) is 61.6 Å². The van der Waals surface area contributed by atoms with Crippen LogP contribution >= 0.6 is 11.6 Å². The fourth-order valence-electron chi connectivity index (χ4n) is 6.26. The molecule has 1 saturated carbocycles. The van der Waals surface area contributed by atoms with E-state index in [9.17, 15) is 4.79 Å². The summed E-state index contributed by atoms with van der Waals surface area (Å²) in [5.41, 5.74) is 7.71. The summed E-state index contributed by atoms with van der Waals surface area (Å²) in [6.45, 7) is 6.09. The number of fused-ring (bicyclic) bond motifs is 1. The van der Waals surface area contributed by atoms with Crippen molar-refractivity contribution in [3.8, 4) is 22.4 Å². The Morgan fingerprint density at radius 2 is 1.75 bits per heavy atom. The van der Waals surface area contributed by atoms with Crippen LogP contribution in [0.3, 0.4) is 0 Å². The second-order valence-electron chi connectivity index (χ2n) is 11.3. The summed E-state index contributed by atoms with van der Waals surface area (Å²) >= 11 is 6.21. The van der Waals surface area contributed by atoms with Gasteiger partial charge in [-0.15, -0.1) is 0 Å². The lowest BCUT2D eigenvalue weighted by Gasteiger charge is -2.38. The number of aryl methyl sites for hydroxylation is 1. The van der Waals surface area contributed by atoms with Gasteiger partial charge in [0.15, 0.2) is 0 Å². The molecule has 3 heterocycles. The van der Waals surface area contributed by atoms with Crippen LogP contribution in [0.5, 0.6) is 0 Å². The number of carbonyl (C=O) groups is 1. The highest BCUT2D eigenvalue weighted by molar-refractivity contribution is 6.30. The molecule has 40 heavy (non-hydrogen) atoms. The molecule has 2 aromatic carbocycles. The lowest BCUT2D eigenvalue weighted by atomic mass is 9.86. The minimum absolute atomic E-state index is 0.0978. The van der Waals surface area contributed by atoms with Crippen molar-refractivity contribution in [1.29, 1.82) is 0 Å². The van der Waals surface area contributed by atoms with Crippen molar-refractivity contribution >= 4 is 23.2 Å². The fraction of sp³-hybridized carbons (Fsp3) is 0.394. The number of amides is 1. The SMILES string of the molecule is COC1CCCC(C(=O)N2CCN(Cc3c(-c4ccc(Cl)cc4)nc4ccc(-c5cccc(C)c5)cn34)CC2)C1. The average molecular weight is 557 g/mol. The molecule has 0 radical (unpaired) electrons. The summed E-state index contributed by atoms with van der Waals surface area (Å²) in [6.07, 6.45) is 6.39. The Morgan fingerprint density at radius 3 is 2.50 bits per heavy atom. The van der Waals surface area contributed by atoms with Crippen LogP contribution in [0.2, 0.25) is 5.02 Å². The van der Waals surface area contributed by atoms with E-state index >= 15 is 0 Å². The monoisotopic (exact) mass is 556 g/mol. The fourth-order valence-corrected chi connectivity index (χ4v) is 6.38. The smallest absolute Gasteiger partial charge is 0.225 e. The lowest BCUT2D eigenvalue weighted by Crippen LogP contribution is -2.50. The van der Waals surface area contributed by atoms with Crippen molar-refractivity contribution in [2.24, 2.45) is 5.92 Å². The van der Waals surface area contributed by atoms with E-state index in [0.717, 1.165) is 86.6 Å². The number of carbonyl (C=O) groups excluding carboxylic acids is 1. The van der Waals surface area contributed by atoms with Crippen LogP contribution in [0.4, 0.5) is 0 Å². The van der Waals surface area contributed by atoms with E-state index in [2.05, 4.69) is 63.7 Å². The minimum Gasteiger partial charge on any atom is -0.381 e. The standard InChI is InChI=1S/C33H37ClN4O2/c1-23-5-3-6-25(19-23)27-11-14-31-35-32(24-9-12-28(34)13-10-24)30(38(31)21-27)22-36-15-17-37(18-16-36)33(39)26-7-4-8-29(20-26)40-2/h3,5-6,9-14,19,21,26,29H,4,7-8,15-18,20,22H2,1-2H3. The van der Waals surface area contributed by atoms with E-state index in [1.807, 2.05) is 24.3 Å². The molecule has 1 aliphatic heterocycles. The quantitative estimate of drug-likeness (QED) is 0.273. The molecule has 2 fully saturated rings. The maximum atomic E-state index is 13.3. The van der Waals surface area contributed by atoms with Crippen molar-refractivity contribution in [2.75, 3.05) is 33.3 Å². The van der Waals surface area contributed by atoms with Crippen molar-refractivity contribution < 1.29 is 9.53 Å². The van der Waals surface area contributed by atoms with Gasteiger partial charge in [0.25, 0.3) is 0 Å². The summed E-state index contributed by atoms with van der Waals surface area (Å²) < 4.78 is 7.81. The second-order valence-corrected chi connectivity index (χ2v) is 11.7. The molecule has 7 heteroatoms. The lowest BCUT2D eigenvalue weighted by molar-refractivity contribution is -0.140. The number of aromatic nitrogens is 2. The molecule has 2 aromatic heterocycles. The average Bonchev–Trinajstić information content (AvgIpc) is 3.35. The number of rotatable bonds is 6. The number of benzene rings is 2. The third-order valence-corrected chi connectivity index (χ3v) is 8.80. The van der Waals surface area contributed by atoms with Crippen molar-refractivity contribution in [3.05, 3.63) is 83.1 Å². The minimum atomic E-state index is 0.0978. The van der Waals surface area contributed by atoms with Crippen LogP contribution in [0, 0.1) is 12.8 Å². The molecule has 1 amide bonds. The first kappa shape index (κ1) is 27.0. The van der Waals surface area contributed by atoms with Gasteiger partial charge in [-0.25, -0.2) is 4.98 Å². The number of hydrogen-bond donors (Lipinski definition) is 0. The highest BCUT2D eigenvalue weighted by Crippen LogP contribution is 2.31. The van der Waals surface area contributed by atoms with Gasteiger partial charge in [0.1, 0.15) is 5.65 Å². The van der Waals surface area contributed by atoms with Gasteiger partial charge >= 0.3 is 0 Å². The van der Waals surface area contributed by atoms with Crippen molar-refractivity contribution in [1.82, 2.24) is 19.2 Å². The van der Waals surface area contributed by atoms with Crippen LogP contribution < -0.4 is 0 Å². The van der Waals surface area contributed by atoms with E-state index in [1.54, 1.807) is 7.11 Å². The Balaban J connectivity index is 1.25. The molecule has 6 nitrogen and oxygen atoms in total. The molecule has 1 aliphatic carbocycles. The number of imidazole rings is 1. The first-order valence-corrected chi connectivity index (χ1v) is 14.7. The zero-order valence-electron chi connectivity index (χ0n) is 23.4. The molecule has 1 saturated heterocycles. The van der Waals surface area contributed by atoms with E-state index in [0.29, 0.717) is 10.9 Å². The van der Waals surface area contributed by atoms with Crippen LogP contribution in [0.1, 0.15) is 36.9 Å². The third kappa shape index (κ3) is 5.67. The van der Waals surface area contributed by atoms with Crippen LogP contribution in [0.15, 0.2) is 66.9 Å². The third-order valence-electron chi connectivity index (χ3n) is 8.55. The number of piperazine rings is 1. The zero-order chi connectivity index (χ0) is 27.6. The Labute approximate surface area is 241 Å². The molecule has 0 N–H and O–H groups in total. The van der Waals surface area contributed by atoms with E-state index in [4.69, 9.17) is 21.3 Å². The molecule has 2 atom stereocenters. The van der Waals surface area contributed by atoms with Gasteiger partial charge < -0.3 is 14.0 Å². The van der Waals surface area contributed by atoms with Crippen LogP contribution in [0.25, 0.3) is 28.0 Å². The number of methoxy groups -OCH3 is 1. The molecule has 208 valence electrons. The zero-order valence-corrected chi connectivity index (χ0v) is 24.1. The summed E-state index contributed by atoms with van der Waals surface area (Å²) in [5.74, 6) is 0.404. The number of ether oxygens (including phenoxy) is 1. The molecule has 2 unspecified atom stereocenters. The Bertz CT molecular complexity index is 1490. The van der Waals surface area contributed by atoms with E-state index < -0.39 is 0 Å². The molecule has 2 aliphatic rings. The maximum Gasteiger partial charge on any atom is 0.225 e. The predicted molar refractivity (Wildman–Crippen MR) is 160 cm³/mol. The summed E-state index contributed by atoms with van der Waals surface area (Å²) in [5, 5.41) is 0.714. The first-order chi connectivity index (χ1) is 19.5. The number of pyridine rings is 1. The van der Waals surface area contributed by atoms with Crippen LogP contribution in [-0.4, -0.2) is 64.5 Å². The Kier molecular flexibility index (Phi) is 7.92. The molecule has 6 rings (SSSR count). The van der Waals surface area contributed by atoms with Gasteiger partial charge in [-0.3, -0.25) is 9.69 Å².